The van der Waals surface area contributed by atoms with E-state index < -0.39 is 0 Å². The zero-order valence-electron chi connectivity index (χ0n) is 10.9. The second-order valence-electron chi connectivity index (χ2n) is 4.56. The van der Waals surface area contributed by atoms with Crippen molar-refractivity contribution in [2.24, 2.45) is 0 Å². The van der Waals surface area contributed by atoms with Crippen LogP contribution in [0.5, 0.6) is 0 Å². The summed E-state index contributed by atoms with van der Waals surface area (Å²) in [5.41, 5.74) is 2.23. The quantitative estimate of drug-likeness (QED) is 0.672. The lowest BCUT2D eigenvalue weighted by atomic mass is 10.1. The van der Waals surface area contributed by atoms with Crippen molar-refractivity contribution in [3.8, 4) is 0 Å². The topological polar surface area (TPSA) is 24.9 Å². The third-order valence-electron chi connectivity index (χ3n) is 3.22. The van der Waals surface area contributed by atoms with Crippen LogP contribution in [0.1, 0.15) is 5.56 Å². The molecular formula is C16H11BrClFN2. The Labute approximate surface area is 135 Å². The van der Waals surface area contributed by atoms with Crippen LogP contribution >= 0.6 is 27.5 Å². The molecule has 0 bridgehead atoms. The summed E-state index contributed by atoms with van der Waals surface area (Å²) in [6.07, 6.45) is 1.72. The standard InChI is InChI=1S/C16H11BrClFN2/c17-12-4-1-5-14(19)16(12)21-9-10-6-7-13(18)11-3-2-8-20-15(10)11/h1-8,21H,9H2. The fourth-order valence-corrected chi connectivity index (χ4v) is 2.89. The Morgan fingerprint density at radius 1 is 1.14 bits per heavy atom. The maximum Gasteiger partial charge on any atom is 0.147 e. The van der Waals surface area contributed by atoms with Crippen LogP contribution in [0.25, 0.3) is 10.9 Å². The van der Waals surface area contributed by atoms with Crippen LogP contribution < -0.4 is 5.32 Å². The molecule has 0 saturated carbocycles. The monoisotopic (exact) mass is 364 g/mol. The summed E-state index contributed by atoms with van der Waals surface area (Å²) >= 11 is 9.51. The van der Waals surface area contributed by atoms with Crippen molar-refractivity contribution in [1.82, 2.24) is 4.98 Å². The predicted octanol–water partition coefficient (Wildman–Crippen LogP) is 5.40. The molecule has 0 atom stereocenters. The van der Waals surface area contributed by atoms with Gasteiger partial charge in [0.2, 0.25) is 0 Å². The smallest absolute Gasteiger partial charge is 0.147 e. The van der Waals surface area contributed by atoms with Gasteiger partial charge in [-0.1, -0.05) is 23.7 Å². The van der Waals surface area contributed by atoms with Crippen molar-refractivity contribution in [3.05, 3.63) is 69.5 Å². The van der Waals surface area contributed by atoms with Gasteiger partial charge in [0.05, 0.1) is 11.2 Å². The molecule has 0 aliphatic heterocycles. The third-order valence-corrected chi connectivity index (χ3v) is 4.21. The number of benzene rings is 2. The fourth-order valence-electron chi connectivity index (χ4n) is 2.19. The van der Waals surface area contributed by atoms with Gasteiger partial charge in [0.15, 0.2) is 0 Å². The minimum absolute atomic E-state index is 0.296. The molecule has 5 heteroatoms. The van der Waals surface area contributed by atoms with Crippen molar-refractivity contribution in [3.63, 3.8) is 0 Å². The van der Waals surface area contributed by atoms with Gasteiger partial charge < -0.3 is 5.32 Å². The van der Waals surface area contributed by atoms with E-state index in [9.17, 15) is 4.39 Å². The van der Waals surface area contributed by atoms with E-state index in [4.69, 9.17) is 11.6 Å². The summed E-state index contributed by atoms with van der Waals surface area (Å²) in [5.74, 6) is -0.296. The summed E-state index contributed by atoms with van der Waals surface area (Å²) in [5, 5.41) is 4.66. The molecule has 0 saturated heterocycles. The summed E-state index contributed by atoms with van der Waals surface area (Å²) in [6.45, 7) is 0.463. The molecule has 2 nitrogen and oxygen atoms in total. The maximum atomic E-state index is 13.8. The lowest BCUT2D eigenvalue weighted by molar-refractivity contribution is 0.629. The van der Waals surface area contributed by atoms with Crippen molar-refractivity contribution < 1.29 is 4.39 Å². The van der Waals surface area contributed by atoms with E-state index in [1.165, 1.54) is 6.07 Å². The molecule has 0 aliphatic rings. The molecule has 1 N–H and O–H groups in total. The van der Waals surface area contributed by atoms with Crippen LogP contribution in [0.2, 0.25) is 5.02 Å². The zero-order valence-corrected chi connectivity index (χ0v) is 13.2. The Kier molecular flexibility index (Phi) is 4.08. The number of anilines is 1. The van der Waals surface area contributed by atoms with Gasteiger partial charge in [-0.15, -0.1) is 0 Å². The number of pyridine rings is 1. The van der Waals surface area contributed by atoms with Gasteiger partial charge in [-0.05, 0) is 51.8 Å². The molecule has 106 valence electrons. The number of hydrogen-bond acceptors (Lipinski definition) is 2. The van der Waals surface area contributed by atoms with Gasteiger partial charge in [0.1, 0.15) is 5.82 Å². The summed E-state index contributed by atoms with van der Waals surface area (Å²) in [7, 11) is 0. The minimum Gasteiger partial charge on any atom is -0.378 e. The molecule has 3 rings (SSSR count). The average molecular weight is 366 g/mol. The SMILES string of the molecule is Fc1cccc(Br)c1NCc1ccc(Cl)c2cccnc12. The van der Waals surface area contributed by atoms with Crippen LogP contribution in [-0.2, 0) is 6.54 Å². The van der Waals surface area contributed by atoms with E-state index in [-0.39, 0.29) is 5.82 Å². The van der Waals surface area contributed by atoms with Crippen LogP contribution in [0.4, 0.5) is 10.1 Å². The van der Waals surface area contributed by atoms with E-state index in [1.807, 2.05) is 24.3 Å². The Balaban J connectivity index is 1.94. The van der Waals surface area contributed by atoms with Crippen LogP contribution in [0.15, 0.2) is 53.1 Å². The van der Waals surface area contributed by atoms with Gasteiger partial charge in [0.25, 0.3) is 0 Å². The average Bonchev–Trinajstić information content (AvgIpc) is 2.49. The largest absolute Gasteiger partial charge is 0.378 e. The maximum absolute atomic E-state index is 13.8. The van der Waals surface area contributed by atoms with E-state index >= 15 is 0 Å². The zero-order chi connectivity index (χ0) is 14.8. The Morgan fingerprint density at radius 3 is 2.81 bits per heavy atom. The van der Waals surface area contributed by atoms with E-state index in [1.54, 1.807) is 18.3 Å². The highest BCUT2D eigenvalue weighted by molar-refractivity contribution is 9.10. The van der Waals surface area contributed by atoms with Gasteiger partial charge in [-0.25, -0.2) is 4.39 Å². The van der Waals surface area contributed by atoms with Gasteiger partial charge in [0, 0.05) is 27.6 Å². The first-order valence-electron chi connectivity index (χ1n) is 6.37. The second kappa shape index (κ2) is 6.00. The van der Waals surface area contributed by atoms with E-state index in [0.717, 1.165) is 16.5 Å². The Morgan fingerprint density at radius 2 is 2.00 bits per heavy atom. The van der Waals surface area contributed by atoms with Crippen LogP contribution in [0, 0.1) is 5.82 Å². The van der Waals surface area contributed by atoms with E-state index in [0.29, 0.717) is 21.7 Å². The molecule has 0 amide bonds. The molecule has 3 aromatic rings. The number of para-hydroxylation sites is 1. The van der Waals surface area contributed by atoms with Crippen molar-refractivity contribution in [2.45, 2.75) is 6.54 Å². The first-order chi connectivity index (χ1) is 10.2. The van der Waals surface area contributed by atoms with Crippen molar-refractivity contribution >= 4 is 44.1 Å². The highest BCUT2D eigenvalue weighted by Gasteiger charge is 2.09. The Hall–Kier alpha value is -1.65. The van der Waals surface area contributed by atoms with Crippen LogP contribution in [-0.4, -0.2) is 4.98 Å². The van der Waals surface area contributed by atoms with Crippen LogP contribution in [0.3, 0.4) is 0 Å². The van der Waals surface area contributed by atoms with Crippen molar-refractivity contribution in [1.29, 1.82) is 0 Å². The van der Waals surface area contributed by atoms with Crippen molar-refractivity contribution in [2.75, 3.05) is 5.32 Å². The molecule has 0 fully saturated rings. The lowest BCUT2D eigenvalue weighted by Crippen LogP contribution is -2.03. The second-order valence-corrected chi connectivity index (χ2v) is 5.82. The molecule has 0 unspecified atom stereocenters. The number of fused-ring (bicyclic) bond motifs is 1. The number of hydrogen-bond donors (Lipinski definition) is 1. The Bertz CT molecular complexity index is 787. The number of rotatable bonds is 3. The number of halogens is 3. The summed E-state index contributed by atoms with van der Waals surface area (Å²) in [6, 6.07) is 12.4. The van der Waals surface area contributed by atoms with Gasteiger partial charge >= 0.3 is 0 Å². The van der Waals surface area contributed by atoms with Gasteiger partial charge in [-0.2, -0.15) is 0 Å². The molecule has 0 aliphatic carbocycles. The number of aromatic nitrogens is 1. The molecule has 0 spiro atoms. The first kappa shape index (κ1) is 14.3. The third kappa shape index (κ3) is 2.87. The predicted molar refractivity (Wildman–Crippen MR) is 88.2 cm³/mol. The molecule has 2 aromatic carbocycles. The molecule has 0 radical (unpaired) electrons. The molecule has 1 heterocycles. The highest BCUT2D eigenvalue weighted by Crippen LogP contribution is 2.28. The number of nitrogens with zero attached hydrogens (tertiary/aromatic N) is 1. The lowest BCUT2D eigenvalue weighted by Gasteiger charge is -2.11. The number of nitrogens with one attached hydrogen (secondary N) is 1. The molecule has 1 aromatic heterocycles. The van der Waals surface area contributed by atoms with Gasteiger partial charge in [-0.3, -0.25) is 4.98 Å². The molecule has 21 heavy (non-hydrogen) atoms. The highest BCUT2D eigenvalue weighted by atomic mass is 79.9. The minimum atomic E-state index is -0.296. The molecular weight excluding hydrogens is 355 g/mol. The summed E-state index contributed by atoms with van der Waals surface area (Å²) < 4.78 is 14.5. The normalized spacial score (nSPS) is 10.8. The van der Waals surface area contributed by atoms with E-state index in [2.05, 4.69) is 26.2 Å². The summed E-state index contributed by atoms with van der Waals surface area (Å²) in [4.78, 5) is 4.37. The first-order valence-corrected chi connectivity index (χ1v) is 7.54. The fraction of sp³-hybridized carbons (Fsp3) is 0.0625.